The van der Waals surface area contributed by atoms with Crippen molar-refractivity contribution < 1.29 is 28.3 Å². The number of pyridine rings is 3. The van der Waals surface area contributed by atoms with Gasteiger partial charge in [-0.2, -0.15) is 0 Å². The van der Waals surface area contributed by atoms with Crippen LogP contribution in [0.15, 0.2) is 207 Å². The van der Waals surface area contributed by atoms with Crippen molar-refractivity contribution in [3.63, 3.8) is 0 Å². The predicted molar refractivity (Wildman–Crippen MR) is 272 cm³/mol. The molecular weight excluding hydrogens is 991 g/mol. The van der Waals surface area contributed by atoms with Gasteiger partial charge >= 0.3 is 20.1 Å². The molecule has 10 rings (SSSR count). The topological polar surface area (TPSA) is 38.7 Å². The maximum atomic E-state index is 7.86. The van der Waals surface area contributed by atoms with Gasteiger partial charge in [-0.15, -0.1) is 94.5 Å². The molecule has 0 saturated carbocycles. The van der Waals surface area contributed by atoms with Crippen LogP contribution in [0.5, 0.6) is 0 Å². The fraction of sp³-hybridized carbons (Fsp3) is 0.0952. The van der Waals surface area contributed by atoms with Gasteiger partial charge in [0.1, 0.15) is 0 Å². The van der Waals surface area contributed by atoms with Gasteiger partial charge < -0.3 is 15.0 Å². The Balaban J connectivity index is 0.00000656. The number of aromatic nitrogens is 3. The van der Waals surface area contributed by atoms with E-state index in [1.807, 2.05) is 54.7 Å². The Labute approximate surface area is 417 Å². The zero-order chi connectivity index (χ0) is 49.7. The van der Waals surface area contributed by atoms with E-state index >= 15 is 0 Å². The fourth-order valence-corrected chi connectivity index (χ4v) is 8.55. The summed E-state index contributed by atoms with van der Waals surface area (Å²) in [5, 5.41) is 0. The summed E-state index contributed by atoms with van der Waals surface area (Å²) < 4.78 is 47.2. The summed E-state index contributed by atoms with van der Waals surface area (Å²) in [6.45, 7) is -4.44. The molecule has 0 spiro atoms. The molecule has 0 aliphatic heterocycles. The first-order valence-corrected chi connectivity index (χ1v) is 22.2. The van der Waals surface area contributed by atoms with E-state index in [1.54, 1.807) is 12.1 Å². The van der Waals surface area contributed by atoms with Crippen molar-refractivity contribution in [2.45, 2.75) is 39.4 Å². The van der Waals surface area contributed by atoms with Crippen LogP contribution in [-0.2, 0) is 45.8 Å². The van der Waals surface area contributed by atoms with E-state index in [1.165, 1.54) is 35.7 Å². The third kappa shape index (κ3) is 10.7. The number of rotatable bonds is 13. The van der Waals surface area contributed by atoms with Crippen LogP contribution in [0.25, 0.3) is 78.3 Å². The molecular formula is C63H48IrN3. The van der Waals surface area contributed by atoms with E-state index in [9.17, 15) is 0 Å². The molecule has 0 N–H and O–H groups in total. The SMILES string of the molecule is [2H]C([2H])([2H])c1ccnc(-c2[c-]cc(CCc3cc(CCc4c[c-]c(-c5cc(C([2H])([2H])[2H])ccn5)cc4)cc(-c4ccccc4-c4c[c-]c(-c5ccccn5)cc4-c4ccc(-c5ccccc5)cc4)c3)cc2)c1.[Ir+3]. The molecule has 4 heteroatoms. The number of benzene rings is 7. The van der Waals surface area contributed by atoms with Crippen LogP contribution in [0, 0.1) is 31.9 Å². The van der Waals surface area contributed by atoms with Crippen LogP contribution in [0.1, 0.15) is 41.6 Å². The first-order chi connectivity index (χ1) is 34.9. The largest absolute Gasteiger partial charge is 3.00 e. The molecule has 7 aromatic carbocycles. The average Bonchev–Trinajstić information content (AvgIpc) is 3.42. The number of hydrogen-bond acceptors (Lipinski definition) is 3. The standard InChI is InChI=1S/C63H48N3.Ir/c1-44-33-36-65-62(38-44)53-23-19-46(20-24-53)15-17-48-40-49(18-16-47-21-25-54(26-22-47)63-39-45(2)34-37-66-63)42-56(41-48)57-12-6-7-13-58(57)59-32-31-55(61-14-8-9-35-64-61)43-60(59)52-29-27-51(28-30-52)50-10-4-3-5-11-50;/h3-14,19-23,25,27-30,32-43H,15-18H2,1-2H3;/q-3;+3/i1D3,2D3;. The van der Waals surface area contributed by atoms with Gasteiger partial charge in [0.25, 0.3) is 0 Å². The molecule has 67 heavy (non-hydrogen) atoms. The van der Waals surface area contributed by atoms with Gasteiger partial charge in [0.15, 0.2) is 0 Å². The first-order valence-electron chi connectivity index (χ1n) is 25.2. The van der Waals surface area contributed by atoms with Crippen LogP contribution in [0.2, 0.25) is 0 Å². The molecule has 3 nitrogen and oxygen atoms in total. The smallest absolute Gasteiger partial charge is 0.305 e. The Bertz CT molecular complexity index is 3350. The number of hydrogen-bond donors (Lipinski definition) is 0. The molecule has 10 aromatic rings. The number of nitrogens with zero attached hydrogens (tertiary/aromatic N) is 3. The van der Waals surface area contributed by atoms with Gasteiger partial charge in [-0.25, -0.2) is 0 Å². The molecule has 3 aromatic heterocycles. The Hall–Kier alpha value is -7.36. The van der Waals surface area contributed by atoms with Crippen LogP contribution >= 0.6 is 0 Å². The van der Waals surface area contributed by atoms with Gasteiger partial charge in [0.05, 0.1) is 0 Å². The maximum Gasteiger partial charge on any atom is 3.00 e. The van der Waals surface area contributed by atoms with Gasteiger partial charge in [0, 0.05) is 26.8 Å². The summed E-state index contributed by atoms with van der Waals surface area (Å²) >= 11 is 0. The van der Waals surface area contributed by atoms with Crippen molar-refractivity contribution in [2.24, 2.45) is 0 Å². The molecule has 0 aliphatic rings. The van der Waals surface area contributed by atoms with Crippen molar-refractivity contribution in [1.29, 1.82) is 0 Å². The van der Waals surface area contributed by atoms with Gasteiger partial charge in [-0.05, 0) is 101 Å². The summed E-state index contributed by atoms with van der Waals surface area (Å²) in [6, 6.07) is 73.7. The zero-order valence-electron chi connectivity index (χ0n) is 42.6. The molecule has 0 bridgehead atoms. The van der Waals surface area contributed by atoms with Crippen molar-refractivity contribution >= 4 is 0 Å². The normalized spacial score (nSPS) is 12.7. The monoisotopic (exact) mass is 1050 g/mol. The Morgan fingerprint density at radius 2 is 0.896 bits per heavy atom. The molecule has 3 heterocycles. The first kappa shape index (κ1) is 37.8. The third-order valence-electron chi connectivity index (χ3n) is 12.0. The Kier molecular flexibility index (Phi) is 11.8. The molecule has 0 unspecified atom stereocenters. The molecule has 0 fully saturated rings. The van der Waals surface area contributed by atoms with Gasteiger partial charge in [0.2, 0.25) is 0 Å². The van der Waals surface area contributed by atoms with E-state index < -0.39 is 13.7 Å². The Morgan fingerprint density at radius 3 is 1.48 bits per heavy atom. The van der Waals surface area contributed by atoms with E-state index in [-0.39, 0.29) is 31.2 Å². The van der Waals surface area contributed by atoms with Gasteiger partial charge in [-0.1, -0.05) is 162 Å². The summed E-state index contributed by atoms with van der Waals surface area (Å²) in [6.07, 6.45) is 7.98. The van der Waals surface area contributed by atoms with E-state index in [0.29, 0.717) is 11.4 Å². The molecule has 0 aliphatic carbocycles. The van der Waals surface area contributed by atoms with Crippen LogP contribution in [0.4, 0.5) is 0 Å². The third-order valence-corrected chi connectivity index (χ3v) is 12.0. The van der Waals surface area contributed by atoms with Crippen molar-refractivity contribution in [3.05, 3.63) is 258 Å². The van der Waals surface area contributed by atoms with Crippen molar-refractivity contribution in [1.82, 2.24) is 15.0 Å². The summed E-state index contributed by atoms with van der Waals surface area (Å²) in [7, 11) is 0. The van der Waals surface area contributed by atoms with E-state index in [4.69, 9.17) is 8.22 Å². The molecule has 0 radical (unpaired) electrons. The Morgan fingerprint density at radius 1 is 0.358 bits per heavy atom. The maximum absolute atomic E-state index is 7.86. The minimum absolute atomic E-state index is 0. The average molecular weight is 1050 g/mol. The van der Waals surface area contributed by atoms with Crippen LogP contribution in [-0.4, -0.2) is 15.0 Å². The minimum atomic E-state index is -2.22. The van der Waals surface area contributed by atoms with Crippen LogP contribution < -0.4 is 0 Å². The summed E-state index contributed by atoms with van der Waals surface area (Å²) in [5.74, 6) is 0. The van der Waals surface area contributed by atoms with E-state index in [2.05, 4.69) is 148 Å². The summed E-state index contributed by atoms with van der Waals surface area (Å²) in [5.41, 5.74) is 18.4. The quantitative estimate of drug-likeness (QED) is 0.108. The second-order valence-electron chi connectivity index (χ2n) is 16.5. The molecule has 0 saturated heterocycles. The molecule has 0 amide bonds. The minimum Gasteiger partial charge on any atom is -0.305 e. The van der Waals surface area contributed by atoms with Crippen LogP contribution in [0.3, 0.4) is 0 Å². The molecule has 324 valence electrons. The second kappa shape index (κ2) is 20.9. The number of aryl methyl sites for hydroxylation is 6. The van der Waals surface area contributed by atoms with Crippen molar-refractivity contribution in [2.75, 3.05) is 0 Å². The predicted octanol–water partition coefficient (Wildman–Crippen LogP) is 15.1. The van der Waals surface area contributed by atoms with Crippen molar-refractivity contribution in [3.8, 4) is 78.3 Å². The molecule has 0 atom stereocenters. The summed E-state index contributed by atoms with van der Waals surface area (Å²) in [4.78, 5) is 13.6. The van der Waals surface area contributed by atoms with Gasteiger partial charge in [-0.3, -0.25) is 0 Å². The second-order valence-corrected chi connectivity index (χ2v) is 16.5. The zero-order valence-corrected chi connectivity index (χ0v) is 39.0. The van der Waals surface area contributed by atoms with E-state index in [0.717, 1.165) is 104 Å². The fourth-order valence-electron chi connectivity index (χ4n) is 8.55.